The van der Waals surface area contributed by atoms with E-state index >= 15 is 0 Å². The predicted molar refractivity (Wildman–Crippen MR) is 79.8 cm³/mol. The molecule has 0 bridgehead atoms. The number of hydrogen-bond acceptors (Lipinski definition) is 1. The molecule has 112 valence electrons. The molecular weight excluding hydrogens is 303 g/mol. The smallest absolute Gasteiger partial charge is 0.248 e. The van der Waals surface area contributed by atoms with Crippen LogP contribution in [0.5, 0.6) is 0 Å². The van der Waals surface area contributed by atoms with Crippen LogP contribution in [-0.2, 0) is 0 Å². The standard InChI is InChI=1S/C15H19Cl2F2N/c1-2-20-14(10-5-7-15(18,19)8-6-10)11-3-4-12(16)13(17)9-11/h3-4,9-10,14,20H,2,5-8H2,1H3. The average Bonchev–Trinajstić information content (AvgIpc) is 2.40. The lowest BCUT2D eigenvalue weighted by atomic mass is 9.79. The summed E-state index contributed by atoms with van der Waals surface area (Å²) in [6.45, 7) is 2.81. The molecule has 2 rings (SSSR count). The summed E-state index contributed by atoms with van der Waals surface area (Å²) in [6.07, 6.45) is 1.01. The van der Waals surface area contributed by atoms with Gasteiger partial charge in [-0.3, -0.25) is 0 Å². The van der Waals surface area contributed by atoms with Gasteiger partial charge in [0.1, 0.15) is 0 Å². The fraction of sp³-hybridized carbons (Fsp3) is 0.600. The molecule has 0 amide bonds. The Labute approximate surface area is 128 Å². The van der Waals surface area contributed by atoms with Crippen LogP contribution in [0.25, 0.3) is 0 Å². The lowest BCUT2D eigenvalue weighted by molar-refractivity contribution is -0.0497. The van der Waals surface area contributed by atoms with Crippen LogP contribution in [0.3, 0.4) is 0 Å². The van der Waals surface area contributed by atoms with Crippen LogP contribution < -0.4 is 5.32 Å². The molecule has 20 heavy (non-hydrogen) atoms. The Morgan fingerprint density at radius 1 is 1.25 bits per heavy atom. The van der Waals surface area contributed by atoms with E-state index in [1.54, 1.807) is 6.07 Å². The SMILES string of the molecule is CCNC(c1ccc(Cl)c(Cl)c1)C1CCC(F)(F)CC1. The first-order valence-electron chi connectivity index (χ1n) is 6.99. The molecule has 1 nitrogen and oxygen atoms in total. The largest absolute Gasteiger partial charge is 0.310 e. The van der Waals surface area contributed by atoms with E-state index in [0.29, 0.717) is 22.9 Å². The molecule has 1 aromatic rings. The van der Waals surface area contributed by atoms with E-state index in [1.165, 1.54) is 0 Å². The van der Waals surface area contributed by atoms with Gasteiger partial charge >= 0.3 is 0 Å². The van der Waals surface area contributed by atoms with Crippen LogP contribution >= 0.6 is 23.2 Å². The van der Waals surface area contributed by atoms with Crippen molar-refractivity contribution in [3.63, 3.8) is 0 Å². The first-order valence-corrected chi connectivity index (χ1v) is 7.74. The predicted octanol–water partition coefficient (Wildman–Crippen LogP) is 5.47. The zero-order chi connectivity index (χ0) is 14.8. The molecule has 0 aromatic heterocycles. The van der Waals surface area contributed by atoms with Gasteiger partial charge in [-0.1, -0.05) is 36.2 Å². The van der Waals surface area contributed by atoms with Crippen LogP contribution in [0.2, 0.25) is 10.0 Å². The molecule has 1 unspecified atom stereocenters. The summed E-state index contributed by atoms with van der Waals surface area (Å²) in [5.74, 6) is -2.28. The topological polar surface area (TPSA) is 12.0 Å². The zero-order valence-corrected chi connectivity index (χ0v) is 12.9. The van der Waals surface area contributed by atoms with E-state index in [9.17, 15) is 8.78 Å². The Balaban J connectivity index is 2.16. The van der Waals surface area contributed by atoms with Gasteiger partial charge in [-0.2, -0.15) is 0 Å². The summed E-state index contributed by atoms with van der Waals surface area (Å²) in [4.78, 5) is 0. The Bertz CT molecular complexity index is 455. The van der Waals surface area contributed by atoms with Crippen molar-refractivity contribution in [3.05, 3.63) is 33.8 Å². The monoisotopic (exact) mass is 321 g/mol. The zero-order valence-electron chi connectivity index (χ0n) is 11.4. The highest BCUT2D eigenvalue weighted by Crippen LogP contribution is 2.42. The Morgan fingerprint density at radius 2 is 1.90 bits per heavy atom. The van der Waals surface area contributed by atoms with Crippen molar-refractivity contribution in [2.24, 2.45) is 5.92 Å². The summed E-state index contributed by atoms with van der Waals surface area (Å²) in [5, 5.41) is 4.42. The third-order valence-corrected chi connectivity index (χ3v) is 4.70. The molecule has 0 aliphatic heterocycles. The molecule has 5 heteroatoms. The highest BCUT2D eigenvalue weighted by atomic mass is 35.5. The van der Waals surface area contributed by atoms with Crippen LogP contribution in [0, 0.1) is 5.92 Å². The van der Waals surface area contributed by atoms with Gasteiger partial charge in [0, 0.05) is 18.9 Å². The van der Waals surface area contributed by atoms with Crippen molar-refractivity contribution in [2.45, 2.75) is 44.6 Å². The van der Waals surface area contributed by atoms with Crippen molar-refractivity contribution >= 4 is 23.2 Å². The van der Waals surface area contributed by atoms with E-state index in [1.807, 2.05) is 19.1 Å². The quantitative estimate of drug-likeness (QED) is 0.775. The number of benzene rings is 1. The molecule has 0 radical (unpaired) electrons. The van der Waals surface area contributed by atoms with Crippen molar-refractivity contribution in [3.8, 4) is 0 Å². The average molecular weight is 322 g/mol. The van der Waals surface area contributed by atoms with E-state index in [-0.39, 0.29) is 24.8 Å². The van der Waals surface area contributed by atoms with Gasteiger partial charge in [0.2, 0.25) is 5.92 Å². The van der Waals surface area contributed by atoms with Crippen molar-refractivity contribution in [1.29, 1.82) is 0 Å². The minimum absolute atomic E-state index is 0.0269. The molecule has 0 saturated heterocycles. The van der Waals surface area contributed by atoms with E-state index in [2.05, 4.69) is 5.32 Å². The highest BCUT2D eigenvalue weighted by molar-refractivity contribution is 6.42. The lowest BCUT2D eigenvalue weighted by Crippen LogP contribution is -2.34. The second kappa shape index (κ2) is 6.59. The summed E-state index contributed by atoms with van der Waals surface area (Å²) in [6, 6.07) is 5.59. The maximum atomic E-state index is 13.3. The molecule has 1 aliphatic carbocycles. The third kappa shape index (κ3) is 3.84. The lowest BCUT2D eigenvalue weighted by Gasteiger charge is -2.34. The Morgan fingerprint density at radius 3 is 2.45 bits per heavy atom. The minimum atomic E-state index is -2.50. The van der Waals surface area contributed by atoms with Crippen LogP contribution in [0.1, 0.15) is 44.2 Å². The minimum Gasteiger partial charge on any atom is -0.310 e. The first kappa shape index (κ1) is 16.0. The Kier molecular flexibility index (Phi) is 5.27. The molecule has 1 atom stereocenters. The van der Waals surface area contributed by atoms with Gasteiger partial charge in [0.15, 0.2) is 0 Å². The van der Waals surface area contributed by atoms with Crippen LogP contribution in [0.4, 0.5) is 8.78 Å². The van der Waals surface area contributed by atoms with Crippen molar-refractivity contribution in [2.75, 3.05) is 6.54 Å². The molecule has 1 aliphatic rings. The van der Waals surface area contributed by atoms with Gasteiger partial charge in [-0.25, -0.2) is 8.78 Å². The normalized spacial score (nSPS) is 20.9. The molecule has 1 N–H and O–H groups in total. The summed E-state index contributed by atoms with van der Waals surface area (Å²) in [7, 11) is 0. The molecule has 1 fully saturated rings. The molecule has 0 heterocycles. The summed E-state index contributed by atoms with van der Waals surface area (Å²) >= 11 is 12.0. The second-order valence-electron chi connectivity index (χ2n) is 5.40. The fourth-order valence-electron chi connectivity index (χ4n) is 2.88. The van der Waals surface area contributed by atoms with Gasteiger partial charge in [-0.05, 0) is 43.0 Å². The van der Waals surface area contributed by atoms with Crippen molar-refractivity contribution < 1.29 is 8.78 Å². The van der Waals surface area contributed by atoms with E-state index < -0.39 is 5.92 Å². The highest BCUT2D eigenvalue weighted by Gasteiger charge is 2.37. The molecule has 1 saturated carbocycles. The first-order chi connectivity index (χ1) is 9.43. The number of nitrogens with one attached hydrogen (secondary N) is 1. The third-order valence-electron chi connectivity index (χ3n) is 3.96. The summed E-state index contributed by atoms with van der Waals surface area (Å²) in [5.41, 5.74) is 1.02. The van der Waals surface area contributed by atoms with Gasteiger partial charge in [-0.15, -0.1) is 0 Å². The van der Waals surface area contributed by atoms with Crippen molar-refractivity contribution in [1.82, 2.24) is 5.32 Å². The number of rotatable bonds is 4. The maximum Gasteiger partial charge on any atom is 0.248 e. The molecular formula is C15H19Cl2F2N. The van der Waals surface area contributed by atoms with Crippen LogP contribution in [-0.4, -0.2) is 12.5 Å². The van der Waals surface area contributed by atoms with E-state index in [0.717, 1.165) is 12.1 Å². The second-order valence-corrected chi connectivity index (χ2v) is 6.22. The Hall–Kier alpha value is -0.380. The maximum absolute atomic E-state index is 13.3. The number of alkyl halides is 2. The number of halogens is 4. The van der Waals surface area contributed by atoms with Gasteiger partial charge < -0.3 is 5.32 Å². The fourth-order valence-corrected chi connectivity index (χ4v) is 3.18. The van der Waals surface area contributed by atoms with E-state index in [4.69, 9.17) is 23.2 Å². The number of hydrogen-bond donors (Lipinski definition) is 1. The van der Waals surface area contributed by atoms with Gasteiger partial charge in [0.25, 0.3) is 0 Å². The molecule has 1 aromatic carbocycles. The van der Waals surface area contributed by atoms with Gasteiger partial charge in [0.05, 0.1) is 10.0 Å². The van der Waals surface area contributed by atoms with Crippen LogP contribution in [0.15, 0.2) is 18.2 Å². The molecule has 0 spiro atoms. The summed E-state index contributed by atoms with van der Waals surface area (Å²) < 4.78 is 26.6.